The molecule has 1 aromatic heterocycles. The molecule has 6 nitrogen and oxygen atoms in total. The van der Waals surface area contributed by atoms with Crippen molar-refractivity contribution < 1.29 is 23.9 Å². The van der Waals surface area contributed by atoms with Crippen LogP contribution in [0.1, 0.15) is 47.4 Å². The van der Waals surface area contributed by atoms with Crippen LogP contribution in [0, 0.1) is 5.41 Å². The number of nitrogens with zero attached hydrogens (tertiary/aromatic N) is 1. The van der Waals surface area contributed by atoms with Crippen molar-refractivity contribution >= 4 is 40.4 Å². The number of hydrogen-bond donors (Lipinski definition) is 0. The maximum absolute atomic E-state index is 14.7. The van der Waals surface area contributed by atoms with Gasteiger partial charge < -0.3 is 14.4 Å². The van der Waals surface area contributed by atoms with Crippen molar-refractivity contribution in [1.82, 2.24) is 0 Å². The topological polar surface area (TPSA) is 72.9 Å². The molecule has 3 atom stereocenters. The first-order valence-electron chi connectivity index (χ1n) is 13.1. The predicted molar refractivity (Wildman–Crippen MR) is 154 cm³/mol. The van der Waals surface area contributed by atoms with Crippen molar-refractivity contribution in [3.8, 4) is 11.5 Å². The zero-order valence-corrected chi connectivity index (χ0v) is 22.7. The molecule has 0 N–H and O–H groups in total. The Balaban J connectivity index is 1.57. The standard InChI is InChI=1S/C33H25NO5S/c1-38-20-14-15-23(25(18-20)39-2)28-29(30(35)26-12-7-17-40-26)34-24-11-6-3-8-19(24)13-16-27(34)33(28)31(36)21-9-4-5-10-22(21)32(33)37/h3-18,27-29H,1-2H3. The number of benzene rings is 3. The minimum Gasteiger partial charge on any atom is -0.497 e. The second kappa shape index (κ2) is 9.03. The summed E-state index contributed by atoms with van der Waals surface area (Å²) in [4.78, 5) is 46.5. The summed E-state index contributed by atoms with van der Waals surface area (Å²) < 4.78 is 11.3. The number of thiophene rings is 1. The molecule has 7 heteroatoms. The number of carbonyl (C=O) groups is 3. The molecule has 3 aromatic carbocycles. The SMILES string of the molecule is COc1ccc(C2C(C(=O)c3cccs3)N3c4ccccc4C=CC3C23C(=O)c2ccccc2C3=O)c(OC)c1. The van der Waals surface area contributed by atoms with Crippen LogP contribution in [-0.4, -0.2) is 43.7 Å². The first kappa shape index (κ1) is 24.5. The average molecular weight is 548 g/mol. The lowest BCUT2D eigenvalue weighted by atomic mass is 9.64. The fourth-order valence-electron chi connectivity index (χ4n) is 6.90. The van der Waals surface area contributed by atoms with Crippen molar-refractivity contribution in [2.75, 3.05) is 19.1 Å². The number of hydrogen-bond acceptors (Lipinski definition) is 7. The molecular weight excluding hydrogens is 522 g/mol. The molecule has 0 saturated carbocycles. The molecule has 3 unspecified atom stereocenters. The van der Waals surface area contributed by atoms with Gasteiger partial charge in [-0.15, -0.1) is 11.3 Å². The van der Waals surface area contributed by atoms with Crippen molar-refractivity contribution in [2.45, 2.75) is 18.0 Å². The van der Waals surface area contributed by atoms with Gasteiger partial charge in [0.05, 0.1) is 25.1 Å². The summed E-state index contributed by atoms with van der Waals surface area (Å²) in [6.45, 7) is 0. The van der Waals surface area contributed by atoms with E-state index in [1.165, 1.54) is 11.3 Å². The Morgan fingerprint density at radius 2 is 1.60 bits per heavy atom. The Hall–Kier alpha value is -4.49. The smallest absolute Gasteiger partial charge is 0.195 e. The van der Waals surface area contributed by atoms with Crippen LogP contribution in [0.25, 0.3) is 6.08 Å². The lowest BCUT2D eigenvalue weighted by Gasteiger charge is -2.37. The predicted octanol–water partition coefficient (Wildman–Crippen LogP) is 6.08. The number of carbonyl (C=O) groups excluding carboxylic acids is 3. The Kier molecular flexibility index (Phi) is 5.54. The Morgan fingerprint density at radius 1 is 0.875 bits per heavy atom. The molecule has 198 valence electrons. The average Bonchev–Trinajstić information content (AvgIpc) is 3.70. The summed E-state index contributed by atoms with van der Waals surface area (Å²) in [7, 11) is 3.11. The Labute approximate surface area is 235 Å². The van der Waals surface area contributed by atoms with Gasteiger partial charge in [-0.25, -0.2) is 0 Å². The van der Waals surface area contributed by atoms with E-state index in [9.17, 15) is 14.4 Å². The molecule has 1 aliphatic carbocycles. The van der Waals surface area contributed by atoms with E-state index in [0.717, 1.165) is 11.3 Å². The largest absolute Gasteiger partial charge is 0.497 e. The zero-order chi connectivity index (χ0) is 27.6. The summed E-state index contributed by atoms with van der Waals surface area (Å²) in [6, 6.07) is 22.3. The lowest BCUT2D eigenvalue weighted by Crippen LogP contribution is -2.48. The van der Waals surface area contributed by atoms with Gasteiger partial charge in [-0.3, -0.25) is 14.4 Å². The van der Waals surface area contributed by atoms with Crippen molar-refractivity contribution in [1.29, 1.82) is 0 Å². The summed E-state index contributed by atoms with van der Waals surface area (Å²) >= 11 is 1.36. The van der Waals surface area contributed by atoms with Gasteiger partial charge in [0.25, 0.3) is 0 Å². The highest BCUT2D eigenvalue weighted by atomic mass is 32.1. The zero-order valence-electron chi connectivity index (χ0n) is 21.9. The van der Waals surface area contributed by atoms with Crippen LogP contribution in [0.5, 0.6) is 11.5 Å². The van der Waals surface area contributed by atoms with E-state index < -0.39 is 23.4 Å². The quantitative estimate of drug-likeness (QED) is 0.223. The normalized spacial score (nSPS) is 21.8. The molecule has 0 amide bonds. The number of rotatable bonds is 5. The van der Waals surface area contributed by atoms with Gasteiger partial charge in [0.15, 0.2) is 17.3 Å². The van der Waals surface area contributed by atoms with Crippen molar-refractivity contribution in [3.63, 3.8) is 0 Å². The Bertz CT molecular complexity index is 1690. The summed E-state index contributed by atoms with van der Waals surface area (Å²) in [5.74, 6) is -0.476. The molecule has 40 heavy (non-hydrogen) atoms. The number of Topliss-reactive ketones (excluding diaryl/α,β-unsaturated/α-hetero) is 3. The van der Waals surface area contributed by atoms with Gasteiger partial charge in [0.2, 0.25) is 0 Å². The minimum atomic E-state index is -1.58. The molecule has 4 aromatic rings. The van der Waals surface area contributed by atoms with Crippen LogP contribution in [0.3, 0.4) is 0 Å². The van der Waals surface area contributed by atoms with E-state index in [-0.39, 0.29) is 17.3 Å². The van der Waals surface area contributed by atoms with E-state index >= 15 is 0 Å². The van der Waals surface area contributed by atoms with Crippen LogP contribution >= 0.6 is 11.3 Å². The number of methoxy groups -OCH3 is 2. The second-order valence-electron chi connectivity index (χ2n) is 10.2. The number of ketones is 3. The molecule has 1 saturated heterocycles. The molecule has 0 bridgehead atoms. The van der Waals surface area contributed by atoms with Crippen LogP contribution in [0.4, 0.5) is 5.69 Å². The van der Waals surface area contributed by atoms with Gasteiger partial charge in [-0.05, 0) is 29.1 Å². The van der Waals surface area contributed by atoms with Gasteiger partial charge in [-0.2, -0.15) is 0 Å². The highest BCUT2D eigenvalue weighted by Crippen LogP contribution is 2.62. The van der Waals surface area contributed by atoms with Gasteiger partial charge in [-0.1, -0.05) is 66.7 Å². The molecule has 2 aliphatic heterocycles. The van der Waals surface area contributed by atoms with Crippen LogP contribution in [0.2, 0.25) is 0 Å². The molecule has 1 fully saturated rings. The fourth-order valence-corrected chi connectivity index (χ4v) is 7.60. The third kappa shape index (κ3) is 3.12. The number of ether oxygens (including phenoxy) is 2. The number of fused-ring (bicyclic) bond motifs is 5. The van der Waals surface area contributed by atoms with E-state index in [4.69, 9.17) is 9.47 Å². The van der Waals surface area contributed by atoms with Crippen LogP contribution < -0.4 is 14.4 Å². The Morgan fingerprint density at radius 3 is 2.27 bits per heavy atom. The molecule has 1 spiro atoms. The van der Waals surface area contributed by atoms with E-state index in [0.29, 0.717) is 33.1 Å². The van der Waals surface area contributed by atoms with E-state index in [2.05, 4.69) is 0 Å². The second-order valence-corrected chi connectivity index (χ2v) is 11.2. The van der Waals surface area contributed by atoms with Crippen LogP contribution in [-0.2, 0) is 0 Å². The molecule has 3 aliphatic rings. The highest BCUT2D eigenvalue weighted by molar-refractivity contribution is 7.12. The molecular formula is C33H25NO5S. The van der Waals surface area contributed by atoms with E-state index in [1.54, 1.807) is 56.7 Å². The lowest BCUT2D eigenvalue weighted by molar-refractivity contribution is 0.0665. The van der Waals surface area contributed by atoms with Gasteiger partial charge >= 0.3 is 0 Å². The van der Waals surface area contributed by atoms with E-state index in [1.807, 2.05) is 58.8 Å². The first-order valence-corrected chi connectivity index (χ1v) is 13.9. The maximum Gasteiger partial charge on any atom is 0.195 e. The summed E-state index contributed by atoms with van der Waals surface area (Å²) in [6.07, 6.45) is 3.89. The third-order valence-corrected chi connectivity index (χ3v) is 9.41. The minimum absolute atomic E-state index is 0.138. The molecule has 7 rings (SSSR count). The monoisotopic (exact) mass is 547 g/mol. The number of anilines is 1. The van der Waals surface area contributed by atoms with Gasteiger partial charge in [0, 0.05) is 34.4 Å². The number of para-hydroxylation sites is 1. The highest BCUT2D eigenvalue weighted by Gasteiger charge is 2.72. The van der Waals surface area contributed by atoms with Crippen molar-refractivity contribution in [3.05, 3.63) is 117 Å². The molecule has 0 radical (unpaired) electrons. The summed E-state index contributed by atoms with van der Waals surface area (Å²) in [5, 5.41) is 1.87. The first-order chi connectivity index (χ1) is 19.5. The fraction of sp³-hybridized carbons (Fsp3) is 0.182. The van der Waals surface area contributed by atoms with Crippen molar-refractivity contribution in [2.24, 2.45) is 5.41 Å². The van der Waals surface area contributed by atoms with Crippen LogP contribution in [0.15, 0.2) is 90.3 Å². The van der Waals surface area contributed by atoms with Gasteiger partial charge in [0.1, 0.15) is 23.0 Å². The molecule has 3 heterocycles. The maximum atomic E-state index is 14.7. The third-order valence-electron chi connectivity index (χ3n) is 8.52. The summed E-state index contributed by atoms with van der Waals surface area (Å²) in [5.41, 5.74) is 1.56.